The molecule has 2 aromatic rings. The van der Waals surface area contributed by atoms with Gasteiger partial charge in [0.15, 0.2) is 9.84 Å². The molecule has 23 heavy (non-hydrogen) atoms. The van der Waals surface area contributed by atoms with Gasteiger partial charge in [-0.3, -0.25) is 4.79 Å². The summed E-state index contributed by atoms with van der Waals surface area (Å²) in [7, 11) is -2.06. The van der Waals surface area contributed by atoms with E-state index in [1.54, 1.807) is 42.5 Å². The molecule has 5 nitrogen and oxygen atoms in total. The van der Waals surface area contributed by atoms with E-state index in [9.17, 15) is 13.2 Å². The van der Waals surface area contributed by atoms with Crippen molar-refractivity contribution in [1.29, 1.82) is 0 Å². The number of carbonyl (C=O) groups excluding carboxylic acids is 1. The fourth-order valence-electron chi connectivity index (χ4n) is 2.24. The van der Waals surface area contributed by atoms with Crippen LogP contribution in [0.25, 0.3) is 0 Å². The third-order valence-electron chi connectivity index (χ3n) is 3.20. The molecule has 0 saturated heterocycles. The van der Waals surface area contributed by atoms with Crippen molar-refractivity contribution in [3.63, 3.8) is 0 Å². The number of carbonyl (C=O) groups is 1. The molecule has 0 heterocycles. The Morgan fingerprint density at radius 3 is 2.57 bits per heavy atom. The second kappa shape index (κ2) is 7.28. The summed E-state index contributed by atoms with van der Waals surface area (Å²) in [6.45, 7) is 1.89. The van der Waals surface area contributed by atoms with E-state index in [2.05, 4.69) is 5.32 Å². The zero-order valence-electron chi connectivity index (χ0n) is 13.1. The third kappa shape index (κ3) is 5.10. The molecule has 0 radical (unpaired) electrons. The van der Waals surface area contributed by atoms with E-state index in [-0.39, 0.29) is 5.75 Å². The van der Waals surface area contributed by atoms with Gasteiger partial charge in [0.2, 0.25) is 5.91 Å². The van der Waals surface area contributed by atoms with Crippen molar-refractivity contribution >= 4 is 21.4 Å². The van der Waals surface area contributed by atoms with Gasteiger partial charge >= 0.3 is 0 Å². The minimum Gasteiger partial charge on any atom is -0.495 e. The van der Waals surface area contributed by atoms with Gasteiger partial charge in [0.25, 0.3) is 0 Å². The number of amides is 1. The number of methoxy groups -OCH3 is 1. The van der Waals surface area contributed by atoms with Gasteiger partial charge in [0.05, 0.1) is 18.6 Å². The average molecular weight is 333 g/mol. The topological polar surface area (TPSA) is 72.5 Å². The van der Waals surface area contributed by atoms with Crippen LogP contribution in [0.4, 0.5) is 5.69 Å². The first-order chi connectivity index (χ1) is 10.9. The van der Waals surface area contributed by atoms with Crippen LogP contribution in [0.1, 0.15) is 11.1 Å². The maximum absolute atomic E-state index is 12.2. The van der Waals surface area contributed by atoms with Crippen LogP contribution < -0.4 is 10.1 Å². The number of sulfone groups is 1. The first kappa shape index (κ1) is 17.0. The summed E-state index contributed by atoms with van der Waals surface area (Å²) in [6.07, 6.45) is 0. The Morgan fingerprint density at radius 1 is 1.13 bits per heavy atom. The molecule has 0 aliphatic heterocycles. The molecule has 0 saturated carbocycles. The number of anilines is 1. The number of para-hydroxylation sites is 2. The molecule has 0 unspecified atom stereocenters. The zero-order chi connectivity index (χ0) is 16.9. The van der Waals surface area contributed by atoms with E-state index < -0.39 is 21.5 Å². The van der Waals surface area contributed by atoms with Crippen LogP contribution in [-0.2, 0) is 20.4 Å². The van der Waals surface area contributed by atoms with E-state index in [4.69, 9.17) is 4.74 Å². The molecule has 0 aromatic heterocycles. The van der Waals surface area contributed by atoms with Gasteiger partial charge in [-0.05, 0) is 24.6 Å². The van der Waals surface area contributed by atoms with Gasteiger partial charge < -0.3 is 10.1 Å². The van der Waals surface area contributed by atoms with Crippen LogP contribution >= 0.6 is 0 Å². The molecule has 122 valence electrons. The molecule has 1 amide bonds. The molecule has 1 N–H and O–H groups in total. The Bertz CT molecular complexity index is 800. The highest BCUT2D eigenvalue weighted by Gasteiger charge is 2.18. The van der Waals surface area contributed by atoms with Gasteiger partial charge in [0.1, 0.15) is 11.5 Å². The summed E-state index contributed by atoms with van der Waals surface area (Å²) >= 11 is 0. The van der Waals surface area contributed by atoms with Crippen LogP contribution in [-0.4, -0.2) is 27.2 Å². The molecule has 0 atom stereocenters. The quantitative estimate of drug-likeness (QED) is 0.882. The molecule has 2 aromatic carbocycles. The molecule has 0 fully saturated rings. The number of aryl methyl sites for hydroxylation is 1. The van der Waals surface area contributed by atoms with Crippen molar-refractivity contribution in [2.45, 2.75) is 12.7 Å². The largest absolute Gasteiger partial charge is 0.495 e. The summed E-state index contributed by atoms with van der Waals surface area (Å²) in [4.78, 5) is 12.0. The summed E-state index contributed by atoms with van der Waals surface area (Å²) in [5.41, 5.74) is 2.11. The van der Waals surface area contributed by atoms with E-state index in [0.29, 0.717) is 17.0 Å². The number of rotatable bonds is 6. The number of benzene rings is 2. The van der Waals surface area contributed by atoms with E-state index in [1.807, 2.05) is 13.0 Å². The summed E-state index contributed by atoms with van der Waals surface area (Å²) in [5, 5.41) is 2.57. The molecular weight excluding hydrogens is 314 g/mol. The molecule has 0 aliphatic carbocycles. The van der Waals surface area contributed by atoms with Gasteiger partial charge in [-0.2, -0.15) is 0 Å². The van der Waals surface area contributed by atoms with Crippen molar-refractivity contribution in [3.8, 4) is 5.75 Å². The van der Waals surface area contributed by atoms with Crippen LogP contribution in [0.5, 0.6) is 5.75 Å². The Balaban J connectivity index is 2.04. The normalized spacial score (nSPS) is 11.0. The predicted octanol–water partition coefficient (Wildman–Crippen LogP) is 2.56. The monoisotopic (exact) mass is 333 g/mol. The van der Waals surface area contributed by atoms with Crippen molar-refractivity contribution < 1.29 is 17.9 Å². The third-order valence-corrected chi connectivity index (χ3v) is 4.68. The van der Waals surface area contributed by atoms with Gasteiger partial charge in [-0.15, -0.1) is 0 Å². The second-order valence-electron chi connectivity index (χ2n) is 5.27. The molecular formula is C17H19NO4S. The van der Waals surface area contributed by atoms with E-state index in [1.165, 1.54) is 7.11 Å². The van der Waals surface area contributed by atoms with Gasteiger partial charge in [0, 0.05) is 0 Å². The average Bonchev–Trinajstić information content (AvgIpc) is 2.46. The van der Waals surface area contributed by atoms with Crippen molar-refractivity contribution in [2.75, 3.05) is 18.2 Å². The van der Waals surface area contributed by atoms with Crippen LogP contribution in [0.2, 0.25) is 0 Å². The standard InChI is InChI=1S/C17H19NO4S/c1-13-6-5-7-14(10-13)11-23(20,21)12-17(19)18-15-8-3-4-9-16(15)22-2/h3-10H,11-12H2,1-2H3,(H,18,19). The Kier molecular flexibility index (Phi) is 5.39. The van der Waals surface area contributed by atoms with Crippen molar-refractivity contribution in [1.82, 2.24) is 0 Å². The first-order valence-electron chi connectivity index (χ1n) is 7.08. The minimum absolute atomic E-state index is 0.159. The van der Waals surface area contributed by atoms with Crippen molar-refractivity contribution in [2.24, 2.45) is 0 Å². The van der Waals surface area contributed by atoms with Crippen LogP contribution in [0, 0.1) is 6.92 Å². The fourth-order valence-corrected chi connectivity index (χ4v) is 3.50. The molecule has 0 spiro atoms. The Labute approximate surface area is 136 Å². The highest BCUT2D eigenvalue weighted by atomic mass is 32.2. The number of nitrogens with one attached hydrogen (secondary N) is 1. The maximum Gasteiger partial charge on any atom is 0.239 e. The molecule has 6 heteroatoms. The van der Waals surface area contributed by atoms with Crippen LogP contribution in [0.15, 0.2) is 48.5 Å². The number of hydrogen-bond donors (Lipinski definition) is 1. The number of ether oxygens (including phenoxy) is 1. The molecule has 0 bridgehead atoms. The summed E-state index contributed by atoms with van der Waals surface area (Å²) in [6, 6.07) is 14.1. The fraction of sp³-hybridized carbons (Fsp3) is 0.235. The zero-order valence-corrected chi connectivity index (χ0v) is 13.9. The van der Waals surface area contributed by atoms with Crippen molar-refractivity contribution in [3.05, 3.63) is 59.7 Å². The smallest absolute Gasteiger partial charge is 0.239 e. The maximum atomic E-state index is 12.2. The summed E-state index contributed by atoms with van der Waals surface area (Å²) in [5.74, 6) is -0.827. The Morgan fingerprint density at radius 2 is 1.87 bits per heavy atom. The first-order valence-corrected chi connectivity index (χ1v) is 8.90. The lowest BCUT2D eigenvalue weighted by atomic mass is 10.2. The van der Waals surface area contributed by atoms with Gasteiger partial charge in [-0.25, -0.2) is 8.42 Å². The molecule has 2 rings (SSSR count). The lowest BCUT2D eigenvalue weighted by Gasteiger charge is -2.10. The van der Waals surface area contributed by atoms with Gasteiger partial charge in [-0.1, -0.05) is 42.0 Å². The molecule has 0 aliphatic rings. The SMILES string of the molecule is COc1ccccc1NC(=O)CS(=O)(=O)Cc1cccc(C)c1. The van der Waals surface area contributed by atoms with Crippen LogP contribution in [0.3, 0.4) is 0 Å². The predicted molar refractivity (Wildman–Crippen MR) is 90.3 cm³/mol. The lowest BCUT2D eigenvalue weighted by Crippen LogP contribution is -2.24. The minimum atomic E-state index is -3.54. The Hall–Kier alpha value is -2.34. The van der Waals surface area contributed by atoms with E-state index >= 15 is 0 Å². The summed E-state index contributed by atoms with van der Waals surface area (Å²) < 4.78 is 29.5. The number of hydrogen-bond acceptors (Lipinski definition) is 4. The van der Waals surface area contributed by atoms with E-state index in [0.717, 1.165) is 5.56 Å². The lowest BCUT2D eigenvalue weighted by molar-refractivity contribution is -0.113. The second-order valence-corrected chi connectivity index (χ2v) is 7.33. The highest BCUT2D eigenvalue weighted by molar-refractivity contribution is 7.91. The highest BCUT2D eigenvalue weighted by Crippen LogP contribution is 2.23.